The third-order valence-corrected chi connectivity index (χ3v) is 18.1. The van der Waals surface area contributed by atoms with E-state index in [-0.39, 0.29) is 18.3 Å². The first-order chi connectivity index (χ1) is 39.8. The summed E-state index contributed by atoms with van der Waals surface area (Å²) < 4.78 is 30.1. The lowest BCUT2D eigenvalue weighted by Crippen LogP contribution is -2.41. The molecule has 0 amide bonds. The molecule has 1 aliphatic carbocycles. The molecule has 8 aromatic rings. The van der Waals surface area contributed by atoms with Crippen LogP contribution in [0.5, 0.6) is 0 Å². The quantitative estimate of drug-likeness (QED) is 0.0711. The van der Waals surface area contributed by atoms with Gasteiger partial charge in [0, 0.05) is 32.4 Å². The molecule has 14 nitrogen and oxygen atoms in total. The molecular weight excluding hydrogens is 1040 g/mol. The Morgan fingerprint density at radius 2 is 0.843 bits per heavy atom. The van der Waals surface area contributed by atoms with Gasteiger partial charge in [0.25, 0.3) is 0 Å². The summed E-state index contributed by atoms with van der Waals surface area (Å²) in [5, 5.41) is 37.2. The fourth-order valence-electron chi connectivity index (χ4n) is 12.0. The van der Waals surface area contributed by atoms with E-state index in [2.05, 4.69) is 129 Å². The van der Waals surface area contributed by atoms with E-state index in [1.165, 1.54) is 54.4 Å². The Morgan fingerprint density at radius 3 is 1.22 bits per heavy atom. The number of hydrogen-bond donors (Lipinski definition) is 4. The second kappa shape index (κ2) is 26.8. The molecule has 0 atom stereocenters. The van der Waals surface area contributed by atoms with Gasteiger partial charge in [-0.2, -0.15) is 0 Å². The summed E-state index contributed by atoms with van der Waals surface area (Å²) in [6, 6.07) is 34.3. The smallest absolute Gasteiger partial charge is 0.441 e. The minimum atomic E-state index is -1.49. The predicted molar refractivity (Wildman–Crippen MR) is 332 cm³/mol. The van der Waals surface area contributed by atoms with Gasteiger partial charge in [0.15, 0.2) is 34.4 Å². The van der Waals surface area contributed by atoms with Crippen molar-refractivity contribution in [2.75, 3.05) is 26.2 Å². The third kappa shape index (κ3) is 15.6. The van der Waals surface area contributed by atoms with Gasteiger partial charge < -0.3 is 42.7 Å². The number of fused-ring (bicyclic) bond motifs is 3. The van der Waals surface area contributed by atoms with Crippen LogP contribution in [-0.2, 0) is 41.7 Å². The molecule has 3 saturated heterocycles. The van der Waals surface area contributed by atoms with Crippen molar-refractivity contribution < 1.29 is 42.7 Å². The highest BCUT2D eigenvalue weighted by Gasteiger charge is 2.52. The zero-order chi connectivity index (χ0) is 58.4. The minimum Gasteiger partial charge on any atom is -0.441 e. The summed E-state index contributed by atoms with van der Waals surface area (Å²) in [6.45, 7) is 23.6. The second-order valence-corrected chi connectivity index (χ2v) is 25.7. The first-order valence-corrected chi connectivity index (χ1v) is 30.7. The van der Waals surface area contributed by atoms with Gasteiger partial charge in [0.1, 0.15) is 16.6 Å². The molecule has 5 aromatic carbocycles. The van der Waals surface area contributed by atoms with E-state index in [0.717, 1.165) is 135 Å². The van der Waals surface area contributed by atoms with Gasteiger partial charge in [-0.15, -0.1) is 0 Å². The zero-order valence-corrected chi connectivity index (χ0v) is 50.2. The maximum Gasteiger partial charge on any atom is 0.494 e. The molecule has 4 fully saturated rings. The number of oxazole rings is 3. The Labute approximate surface area is 491 Å². The molecule has 17 heteroatoms. The number of benzene rings is 5. The molecule has 6 heterocycles. The predicted octanol–water partition coefficient (Wildman–Crippen LogP) is 10.4. The van der Waals surface area contributed by atoms with Crippen LogP contribution in [0.2, 0.25) is 0 Å². The standard InChI is InChI=1S/2C23H29BN2O3.C20H28BNO3/c2*1-16(2)19-5-3-18(4-6-19)15-26-11-9-17(10-12-26)13-23-25-21-8-7-20(24(27)28)14-22(21)29-23;1-19(2)20(3,4)25-21(24-19)15-10-11-16-17(13-15)23-18(22-16)12-14-8-6-5-7-9-14/h2*3-8,14,16-17,27-28H,9-13,15H2,1-2H3;10-11,13-14H,5-9,12H2,1-4H3. The van der Waals surface area contributed by atoms with Crippen LogP contribution in [0.15, 0.2) is 116 Å². The summed E-state index contributed by atoms with van der Waals surface area (Å²) in [5.41, 5.74) is 11.3. The number of rotatable bonds is 15. The molecular formula is C66H86B3N5O9. The van der Waals surface area contributed by atoms with Crippen LogP contribution in [0, 0.1) is 17.8 Å². The average molecular weight is 1130 g/mol. The van der Waals surface area contributed by atoms with Crippen molar-refractivity contribution >= 4 is 71.0 Å². The topological polar surface area (TPSA) is 184 Å². The van der Waals surface area contributed by atoms with Crippen LogP contribution in [0.4, 0.5) is 0 Å². The molecule has 438 valence electrons. The lowest BCUT2D eigenvalue weighted by atomic mass is 9.79. The number of likely N-dealkylation sites (tertiary alicyclic amines) is 2. The van der Waals surface area contributed by atoms with E-state index >= 15 is 0 Å². The van der Waals surface area contributed by atoms with Crippen molar-refractivity contribution in [2.24, 2.45) is 17.8 Å². The highest BCUT2D eigenvalue weighted by atomic mass is 16.7. The number of nitrogens with zero attached hydrogens (tertiary/aromatic N) is 5. The van der Waals surface area contributed by atoms with Gasteiger partial charge in [-0.25, -0.2) is 15.0 Å². The fourth-order valence-corrected chi connectivity index (χ4v) is 12.0. The summed E-state index contributed by atoms with van der Waals surface area (Å²) in [5.74, 6) is 5.38. The molecule has 0 spiro atoms. The van der Waals surface area contributed by atoms with Gasteiger partial charge in [-0.05, 0) is 197 Å². The summed E-state index contributed by atoms with van der Waals surface area (Å²) in [6.07, 6.45) is 13.9. The van der Waals surface area contributed by atoms with E-state index in [1.54, 1.807) is 36.4 Å². The van der Waals surface area contributed by atoms with Gasteiger partial charge in [0.2, 0.25) is 0 Å². The minimum absolute atomic E-state index is 0.333. The van der Waals surface area contributed by atoms with Gasteiger partial charge in [-0.1, -0.05) is 114 Å². The van der Waals surface area contributed by atoms with Crippen molar-refractivity contribution in [2.45, 2.75) is 169 Å². The molecule has 3 aromatic heterocycles. The average Bonchev–Trinajstić information content (AvgIpc) is 4.36. The highest BCUT2D eigenvalue weighted by molar-refractivity contribution is 6.62. The lowest BCUT2D eigenvalue weighted by Gasteiger charge is -2.32. The maximum absolute atomic E-state index is 9.31. The summed E-state index contributed by atoms with van der Waals surface area (Å²) >= 11 is 0. The Hall–Kier alpha value is -5.62. The molecule has 0 unspecified atom stereocenters. The van der Waals surface area contributed by atoms with Gasteiger partial charge in [0.05, 0.1) is 11.2 Å². The van der Waals surface area contributed by atoms with Crippen LogP contribution in [0.3, 0.4) is 0 Å². The summed E-state index contributed by atoms with van der Waals surface area (Å²) in [4.78, 5) is 18.9. The van der Waals surface area contributed by atoms with Crippen molar-refractivity contribution in [1.29, 1.82) is 0 Å². The second-order valence-electron chi connectivity index (χ2n) is 25.7. The molecule has 4 N–H and O–H groups in total. The normalized spacial score (nSPS) is 18.3. The fraction of sp³-hybridized carbons (Fsp3) is 0.500. The molecule has 0 radical (unpaired) electrons. The third-order valence-electron chi connectivity index (χ3n) is 18.1. The van der Waals surface area contributed by atoms with Crippen LogP contribution in [0.25, 0.3) is 33.3 Å². The van der Waals surface area contributed by atoms with E-state index < -0.39 is 14.2 Å². The Morgan fingerprint density at radius 1 is 0.482 bits per heavy atom. The van der Waals surface area contributed by atoms with Crippen LogP contribution in [0.1, 0.15) is 165 Å². The van der Waals surface area contributed by atoms with Crippen molar-refractivity contribution in [1.82, 2.24) is 24.8 Å². The first-order valence-electron chi connectivity index (χ1n) is 30.7. The largest absolute Gasteiger partial charge is 0.494 e. The number of hydrogen-bond acceptors (Lipinski definition) is 14. The molecule has 83 heavy (non-hydrogen) atoms. The lowest BCUT2D eigenvalue weighted by molar-refractivity contribution is 0.00578. The van der Waals surface area contributed by atoms with Gasteiger partial charge in [-0.3, -0.25) is 9.80 Å². The summed E-state index contributed by atoms with van der Waals surface area (Å²) in [7, 11) is -3.33. The number of piperidine rings is 2. The molecule has 4 aliphatic rings. The van der Waals surface area contributed by atoms with E-state index in [4.69, 9.17) is 22.6 Å². The first kappa shape index (κ1) is 60.5. The molecule has 3 aliphatic heterocycles. The van der Waals surface area contributed by atoms with E-state index in [1.807, 2.05) is 18.2 Å². The van der Waals surface area contributed by atoms with Crippen LogP contribution < -0.4 is 16.4 Å². The van der Waals surface area contributed by atoms with E-state index in [0.29, 0.717) is 45.8 Å². The van der Waals surface area contributed by atoms with E-state index in [9.17, 15) is 20.1 Å². The molecule has 0 bridgehead atoms. The van der Waals surface area contributed by atoms with Crippen molar-refractivity contribution in [3.8, 4) is 0 Å². The highest BCUT2D eigenvalue weighted by Crippen LogP contribution is 2.37. The van der Waals surface area contributed by atoms with Crippen LogP contribution in [-0.4, -0.2) is 104 Å². The maximum atomic E-state index is 9.31. The Balaban J connectivity index is 0.000000140. The Bertz CT molecular complexity index is 3180. The zero-order valence-electron chi connectivity index (χ0n) is 50.2. The monoisotopic (exact) mass is 1130 g/mol. The molecule has 12 rings (SSSR count). The Kier molecular flexibility index (Phi) is 19.5. The van der Waals surface area contributed by atoms with Crippen molar-refractivity contribution in [3.63, 3.8) is 0 Å². The van der Waals surface area contributed by atoms with Crippen molar-refractivity contribution in [3.05, 3.63) is 143 Å². The van der Waals surface area contributed by atoms with Gasteiger partial charge >= 0.3 is 21.4 Å². The SMILES string of the molecule is CC(C)c1ccc(CN2CCC(Cc3nc4ccc(B(O)O)cc4o3)CC2)cc1.CC(C)c1ccc(CN2CCC(Cc3nc4ccc(B(O)O)cc4o3)CC2)cc1.CC1(C)OB(c2ccc3nc(CC4CCCCC4)oc3c2)OC1(C)C. The molecule has 1 saturated carbocycles. The van der Waals surface area contributed by atoms with Crippen LogP contribution >= 0.6 is 0 Å². The number of aromatic nitrogens is 3.